The van der Waals surface area contributed by atoms with E-state index in [-0.39, 0.29) is 31.1 Å². The highest BCUT2D eigenvalue weighted by molar-refractivity contribution is 5.71. The van der Waals surface area contributed by atoms with Crippen molar-refractivity contribution in [1.82, 2.24) is 0 Å². The number of allylic oxidation sites excluding steroid dienone is 4. The molecule has 0 saturated carbocycles. The van der Waals surface area contributed by atoms with E-state index in [2.05, 4.69) is 45.1 Å². The first-order chi connectivity index (χ1) is 32.0. The maximum Gasteiger partial charge on any atom is 0.306 e. The van der Waals surface area contributed by atoms with E-state index in [9.17, 15) is 14.4 Å². The number of ether oxygens (including phenoxy) is 3. The van der Waals surface area contributed by atoms with Gasteiger partial charge in [0.05, 0.1) is 0 Å². The zero-order chi connectivity index (χ0) is 47.2. The summed E-state index contributed by atoms with van der Waals surface area (Å²) in [7, 11) is 0. The van der Waals surface area contributed by atoms with Crippen LogP contribution in [0.25, 0.3) is 0 Å². The Hall–Kier alpha value is -2.11. The predicted octanol–water partition coefficient (Wildman–Crippen LogP) is 19.1. The third-order valence-electron chi connectivity index (χ3n) is 13.0. The van der Waals surface area contributed by atoms with E-state index in [1.54, 1.807) is 0 Å². The van der Waals surface area contributed by atoms with Gasteiger partial charge in [-0.15, -0.1) is 0 Å². The summed E-state index contributed by atoms with van der Waals surface area (Å²) in [5, 5.41) is 0. The fourth-order valence-corrected chi connectivity index (χ4v) is 8.58. The Labute approximate surface area is 404 Å². The molecule has 0 radical (unpaired) electrons. The van der Waals surface area contributed by atoms with Crippen LogP contribution in [0.2, 0.25) is 0 Å². The van der Waals surface area contributed by atoms with Crippen molar-refractivity contribution in [2.24, 2.45) is 0 Å². The van der Waals surface area contributed by atoms with Gasteiger partial charge in [-0.1, -0.05) is 276 Å². The summed E-state index contributed by atoms with van der Waals surface area (Å²) < 4.78 is 16.7. The number of hydrogen-bond acceptors (Lipinski definition) is 6. The van der Waals surface area contributed by atoms with Crippen molar-refractivity contribution in [2.75, 3.05) is 13.2 Å². The SMILES string of the molecule is CCCC/C=C\C/C=C\CCCCCCCC(=O)OC(COC(=O)CCCCCCCC)COC(=O)CCCCCCCCCCCCCCCCCCCCCCCCCCCCC. The molecule has 0 aliphatic heterocycles. The van der Waals surface area contributed by atoms with Crippen LogP contribution in [-0.4, -0.2) is 37.2 Å². The maximum absolute atomic E-state index is 12.7. The highest BCUT2D eigenvalue weighted by Gasteiger charge is 2.19. The van der Waals surface area contributed by atoms with Crippen LogP contribution in [0.3, 0.4) is 0 Å². The zero-order valence-corrected chi connectivity index (χ0v) is 43.8. The monoisotopic (exact) mass is 915 g/mol. The quantitative estimate of drug-likeness (QED) is 0.0262. The number of esters is 3. The summed E-state index contributed by atoms with van der Waals surface area (Å²) in [6.45, 7) is 6.57. The van der Waals surface area contributed by atoms with Crippen LogP contribution in [0, 0.1) is 0 Å². The number of hydrogen-bond donors (Lipinski definition) is 0. The number of carbonyl (C=O) groups is 3. The fraction of sp³-hybridized carbons (Fsp3) is 0.881. The number of unbranched alkanes of at least 4 members (excludes halogenated alkanes) is 38. The predicted molar refractivity (Wildman–Crippen MR) is 279 cm³/mol. The number of rotatable bonds is 53. The van der Waals surface area contributed by atoms with Gasteiger partial charge in [-0.3, -0.25) is 14.4 Å². The Morgan fingerprint density at radius 2 is 0.569 bits per heavy atom. The Morgan fingerprint density at radius 3 is 0.892 bits per heavy atom. The van der Waals surface area contributed by atoms with E-state index in [0.717, 1.165) is 83.5 Å². The maximum atomic E-state index is 12.7. The lowest BCUT2D eigenvalue weighted by Crippen LogP contribution is -2.30. The van der Waals surface area contributed by atoms with Crippen molar-refractivity contribution in [3.8, 4) is 0 Å². The largest absolute Gasteiger partial charge is 0.462 e. The van der Waals surface area contributed by atoms with E-state index in [4.69, 9.17) is 14.2 Å². The standard InChI is InChI=1S/C59H110O6/c1-4-7-10-13-16-18-20-22-24-25-26-27-28-29-30-31-32-33-34-35-36-38-39-41-43-46-49-52-58(61)64-55-56(54-63-57(60)51-48-45-15-12-9-6-3)65-59(62)53-50-47-44-42-40-37-23-21-19-17-14-11-8-5-2/h14,17,21,23,56H,4-13,15-16,18-20,22,24-55H2,1-3H3/b17-14-,23-21-. The molecule has 0 spiro atoms. The molecular formula is C59H110O6. The first-order valence-electron chi connectivity index (χ1n) is 28.8. The second-order valence-corrected chi connectivity index (χ2v) is 19.6. The van der Waals surface area contributed by atoms with E-state index >= 15 is 0 Å². The summed E-state index contributed by atoms with van der Waals surface area (Å²) >= 11 is 0. The third kappa shape index (κ3) is 52.7. The lowest BCUT2D eigenvalue weighted by molar-refractivity contribution is -0.167. The first-order valence-corrected chi connectivity index (χ1v) is 28.8. The molecule has 1 atom stereocenters. The highest BCUT2D eigenvalue weighted by Crippen LogP contribution is 2.17. The van der Waals surface area contributed by atoms with Crippen molar-refractivity contribution >= 4 is 17.9 Å². The Kier molecular flexibility index (Phi) is 52.7. The van der Waals surface area contributed by atoms with Gasteiger partial charge in [-0.05, 0) is 44.9 Å². The molecular weight excluding hydrogens is 805 g/mol. The lowest BCUT2D eigenvalue weighted by Gasteiger charge is -2.18. The summed E-state index contributed by atoms with van der Waals surface area (Å²) in [4.78, 5) is 37.8. The van der Waals surface area contributed by atoms with Gasteiger partial charge in [0.15, 0.2) is 6.10 Å². The van der Waals surface area contributed by atoms with Crippen LogP contribution in [0.4, 0.5) is 0 Å². The molecule has 0 aliphatic carbocycles. The Bertz CT molecular complexity index is 1050. The molecule has 0 aromatic rings. The van der Waals surface area contributed by atoms with Crippen LogP contribution < -0.4 is 0 Å². The lowest BCUT2D eigenvalue weighted by atomic mass is 10.0. The van der Waals surface area contributed by atoms with Crippen LogP contribution in [0.15, 0.2) is 24.3 Å². The van der Waals surface area contributed by atoms with Crippen LogP contribution in [-0.2, 0) is 28.6 Å². The summed E-state index contributed by atoms with van der Waals surface area (Å²) in [6.07, 6.45) is 63.6. The van der Waals surface area contributed by atoms with Gasteiger partial charge in [0.25, 0.3) is 0 Å². The van der Waals surface area contributed by atoms with Crippen molar-refractivity contribution in [1.29, 1.82) is 0 Å². The summed E-state index contributed by atoms with van der Waals surface area (Å²) in [6, 6.07) is 0. The molecule has 6 heteroatoms. The smallest absolute Gasteiger partial charge is 0.306 e. The second kappa shape index (κ2) is 54.5. The van der Waals surface area contributed by atoms with Crippen molar-refractivity contribution in [3.63, 3.8) is 0 Å². The van der Waals surface area contributed by atoms with Gasteiger partial charge in [0.2, 0.25) is 0 Å². The van der Waals surface area contributed by atoms with E-state index in [0.29, 0.717) is 19.3 Å². The van der Waals surface area contributed by atoms with E-state index < -0.39 is 6.10 Å². The molecule has 1 unspecified atom stereocenters. The molecule has 0 heterocycles. The third-order valence-corrected chi connectivity index (χ3v) is 13.0. The van der Waals surface area contributed by atoms with Crippen LogP contribution in [0.5, 0.6) is 0 Å². The molecule has 0 bridgehead atoms. The van der Waals surface area contributed by atoms with Gasteiger partial charge in [-0.2, -0.15) is 0 Å². The number of carbonyl (C=O) groups excluding carboxylic acids is 3. The molecule has 0 amide bonds. The molecule has 0 aromatic heterocycles. The second-order valence-electron chi connectivity index (χ2n) is 19.6. The van der Waals surface area contributed by atoms with Gasteiger partial charge in [0.1, 0.15) is 13.2 Å². The van der Waals surface area contributed by atoms with Gasteiger partial charge in [-0.25, -0.2) is 0 Å². The van der Waals surface area contributed by atoms with Crippen LogP contribution in [0.1, 0.15) is 316 Å². The summed E-state index contributed by atoms with van der Waals surface area (Å²) in [5.74, 6) is -0.882. The Morgan fingerprint density at radius 1 is 0.308 bits per heavy atom. The molecule has 0 aliphatic rings. The van der Waals surface area contributed by atoms with E-state index in [1.807, 2.05) is 0 Å². The molecule has 0 rings (SSSR count). The molecule has 0 aromatic carbocycles. The van der Waals surface area contributed by atoms with Crippen LogP contribution >= 0.6 is 0 Å². The van der Waals surface area contributed by atoms with Gasteiger partial charge >= 0.3 is 17.9 Å². The van der Waals surface area contributed by atoms with E-state index in [1.165, 1.54) is 193 Å². The average Bonchev–Trinajstić information content (AvgIpc) is 3.30. The van der Waals surface area contributed by atoms with Gasteiger partial charge in [0, 0.05) is 19.3 Å². The average molecular weight is 916 g/mol. The fourth-order valence-electron chi connectivity index (χ4n) is 8.58. The molecule has 65 heavy (non-hydrogen) atoms. The minimum absolute atomic E-state index is 0.0730. The van der Waals surface area contributed by atoms with Crippen molar-refractivity contribution in [3.05, 3.63) is 24.3 Å². The minimum Gasteiger partial charge on any atom is -0.462 e. The Balaban J connectivity index is 4.00. The van der Waals surface area contributed by atoms with Gasteiger partial charge < -0.3 is 14.2 Å². The normalized spacial score (nSPS) is 12.1. The topological polar surface area (TPSA) is 78.9 Å². The first kappa shape index (κ1) is 62.9. The van der Waals surface area contributed by atoms with Crippen molar-refractivity contribution in [2.45, 2.75) is 322 Å². The molecule has 6 nitrogen and oxygen atoms in total. The zero-order valence-electron chi connectivity index (χ0n) is 43.8. The molecule has 0 N–H and O–H groups in total. The van der Waals surface area contributed by atoms with Crippen molar-refractivity contribution < 1.29 is 28.6 Å². The molecule has 382 valence electrons. The highest BCUT2D eigenvalue weighted by atomic mass is 16.6. The minimum atomic E-state index is -0.771. The molecule has 0 saturated heterocycles. The molecule has 0 fully saturated rings. The summed E-state index contributed by atoms with van der Waals surface area (Å²) in [5.41, 5.74) is 0.